The molecule has 2 N–H and O–H groups in total. The normalized spacial score (nSPS) is 15.6. The molecule has 6 nitrogen and oxygen atoms in total. The van der Waals surface area contributed by atoms with Gasteiger partial charge < -0.3 is 20.3 Å². The van der Waals surface area contributed by atoms with Crippen LogP contribution in [-0.2, 0) is 0 Å². The van der Waals surface area contributed by atoms with Crippen molar-refractivity contribution >= 4 is 22.4 Å². The zero-order chi connectivity index (χ0) is 16.8. The topological polar surface area (TPSA) is 67.0 Å². The van der Waals surface area contributed by atoms with E-state index in [1.54, 1.807) is 11.3 Å². The van der Waals surface area contributed by atoms with Crippen molar-refractivity contribution < 1.29 is 4.74 Å². The minimum atomic E-state index is 0.532. The number of hydrogen-bond acceptors (Lipinski definition) is 5. The maximum Gasteiger partial charge on any atom is 0.191 e. The lowest BCUT2D eigenvalue weighted by Gasteiger charge is -2.35. The fourth-order valence-corrected chi connectivity index (χ4v) is 3.33. The summed E-state index contributed by atoms with van der Waals surface area (Å²) in [5.74, 6) is 1.51. The first-order chi connectivity index (χ1) is 11.7. The van der Waals surface area contributed by atoms with E-state index in [0.717, 1.165) is 42.6 Å². The largest absolute Gasteiger partial charge is 0.491 e. The summed E-state index contributed by atoms with van der Waals surface area (Å²) in [6.07, 6.45) is 1.84. The molecule has 7 heteroatoms. The third kappa shape index (κ3) is 4.17. The minimum Gasteiger partial charge on any atom is -0.491 e. The quantitative estimate of drug-likeness (QED) is 0.510. The molecule has 2 heterocycles. The van der Waals surface area contributed by atoms with Crippen LogP contribution in [0.3, 0.4) is 0 Å². The van der Waals surface area contributed by atoms with Crippen molar-refractivity contribution in [3.63, 3.8) is 0 Å². The molecule has 1 aliphatic rings. The Bertz CT molecular complexity index is 665. The van der Waals surface area contributed by atoms with E-state index in [1.165, 1.54) is 0 Å². The average Bonchev–Trinajstić information content (AvgIpc) is 3.15. The van der Waals surface area contributed by atoms with E-state index in [1.807, 2.05) is 42.8 Å². The second kappa shape index (κ2) is 8.01. The molecule has 1 fully saturated rings. The van der Waals surface area contributed by atoms with Crippen molar-refractivity contribution in [1.82, 2.24) is 9.88 Å². The number of anilines is 1. The average molecular weight is 345 g/mol. The van der Waals surface area contributed by atoms with Crippen LogP contribution in [0.4, 0.5) is 5.13 Å². The zero-order valence-electron chi connectivity index (χ0n) is 13.9. The molecule has 128 valence electrons. The standard InChI is InChI=1S/C17H23N5OS/c1-14-4-2-3-5-15(14)23-12-6-19-16(18)21-8-10-22(11-9-21)17-20-7-13-24-17/h2-5,7,13H,6,8-12H2,1H3,(H2,18,19). The number of nitrogens with two attached hydrogens (primary N) is 1. The summed E-state index contributed by atoms with van der Waals surface area (Å²) in [5, 5.41) is 3.09. The number of para-hydroxylation sites is 1. The molecule has 0 aliphatic carbocycles. The number of rotatable bonds is 5. The van der Waals surface area contributed by atoms with E-state index in [-0.39, 0.29) is 0 Å². The SMILES string of the molecule is Cc1ccccc1OCCN=C(N)N1CCN(c2nccs2)CC1. The number of piperazine rings is 1. The summed E-state index contributed by atoms with van der Waals surface area (Å²) < 4.78 is 5.74. The van der Waals surface area contributed by atoms with Crippen molar-refractivity contribution in [3.05, 3.63) is 41.4 Å². The van der Waals surface area contributed by atoms with Crippen LogP contribution in [0.15, 0.2) is 40.8 Å². The third-order valence-corrected chi connectivity index (χ3v) is 4.84. The molecular formula is C17H23N5OS. The minimum absolute atomic E-state index is 0.532. The second-order valence-electron chi connectivity index (χ2n) is 5.64. The number of aliphatic imine (C=N–C) groups is 1. The highest BCUT2D eigenvalue weighted by Crippen LogP contribution is 2.19. The van der Waals surface area contributed by atoms with Crippen LogP contribution in [0.25, 0.3) is 0 Å². The Kier molecular flexibility index (Phi) is 5.53. The molecule has 0 amide bonds. The Balaban J connectivity index is 1.42. The van der Waals surface area contributed by atoms with E-state index in [0.29, 0.717) is 19.1 Å². The highest BCUT2D eigenvalue weighted by Gasteiger charge is 2.19. The smallest absolute Gasteiger partial charge is 0.191 e. The first kappa shape index (κ1) is 16.6. The Morgan fingerprint density at radius 1 is 1.29 bits per heavy atom. The zero-order valence-corrected chi connectivity index (χ0v) is 14.7. The van der Waals surface area contributed by atoms with Crippen LogP contribution in [0.1, 0.15) is 5.56 Å². The second-order valence-corrected chi connectivity index (χ2v) is 6.52. The molecule has 2 aromatic rings. The molecule has 24 heavy (non-hydrogen) atoms. The molecule has 0 atom stereocenters. The molecule has 0 bridgehead atoms. The van der Waals surface area contributed by atoms with E-state index < -0.39 is 0 Å². The fraction of sp³-hybridized carbons (Fsp3) is 0.412. The van der Waals surface area contributed by atoms with Crippen molar-refractivity contribution in [2.45, 2.75) is 6.92 Å². The summed E-state index contributed by atoms with van der Waals surface area (Å²) >= 11 is 1.67. The molecule has 0 radical (unpaired) electrons. The summed E-state index contributed by atoms with van der Waals surface area (Å²) in [5.41, 5.74) is 7.24. The number of nitrogens with zero attached hydrogens (tertiary/aromatic N) is 4. The third-order valence-electron chi connectivity index (χ3n) is 4.01. The Labute approximate surface area is 146 Å². The van der Waals surface area contributed by atoms with E-state index in [9.17, 15) is 0 Å². The van der Waals surface area contributed by atoms with Crippen molar-refractivity contribution in [3.8, 4) is 5.75 Å². The van der Waals surface area contributed by atoms with Crippen molar-refractivity contribution in [2.24, 2.45) is 10.7 Å². The highest BCUT2D eigenvalue weighted by molar-refractivity contribution is 7.13. The van der Waals surface area contributed by atoms with E-state index in [2.05, 4.69) is 19.8 Å². The van der Waals surface area contributed by atoms with Crippen LogP contribution in [0.5, 0.6) is 5.75 Å². The van der Waals surface area contributed by atoms with Crippen LogP contribution in [0.2, 0.25) is 0 Å². The van der Waals surface area contributed by atoms with Gasteiger partial charge in [0.1, 0.15) is 12.4 Å². The van der Waals surface area contributed by atoms with Gasteiger partial charge in [-0.2, -0.15) is 0 Å². The van der Waals surface area contributed by atoms with Gasteiger partial charge in [-0.05, 0) is 18.6 Å². The van der Waals surface area contributed by atoms with Crippen LogP contribution in [-0.4, -0.2) is 55.2 Å². The lowest BCUT2D eigenvalue weighted by atomic mass is 10.2. The van der Waals surface area contributed by atoms with Gasteiger partial charge in [0.25, 0.3) is 0 Å². The predicted octanol–water partition coefficient (Wildman–Crippen LogP) is 1.97. The molecule has 1 saturated heterocycles. The van der Waals surface area contributed by atoms with Crippen LogP contribution < -0.4 is 15.4 Å². The number of thiazole rings is 1. The lowest BCUT2D eigenvalue weighted by Crippen LogP contribution is -2.51. The predicted molar refractivity (Wildman–Crippen MR) is 99.1 cm³/mol. The van der Waals surface area contributed by atoms with Gasteiger partial charge in [0, 0.05) is 37.8 Å². The Morgan fingerprint density at radius 2 is 2.08 bits per heavy atom. The Morgan fingerprint density at radius 3 is 2.79 bits per heavy atom. The van der Waals surface area contributed by atoms with E-state index >= 15 is 0 Å². The van der Waals surface area contributed by atoms with Gasteiger partial charge in [0.15, 0.2) is 11.1 Å². The van der Waals surface area contributed by atoms with Gasteiger partial charge in [0.2, 0.25) is 0 Å². The number of aromatic nitrogens is 1. The molecule has 0 unspecified atom stereocenters. The van der Waals surface area contributed by atoms with Crippen molar-refractivity contribution in [1.29, 1.82) is 0 Å². The summed E-state index contributed by atoms with van der Waals surface area (Å²) in [4.78, 5) is 13.2. The Hall–Kier alpha value is -2.28. The molecular weight excluding hydrogens is 322 g/mol. The lowest BCUT2D eigenvalue weighted by molar-refractivity contribution is 0.324. The molecule has 0 saturated carbocycles. The summed E-state index contributed by atoms with van der Waals surface area (Å²) in [7, 11) is 0. The molecule has 1 aromatic carbocycles. The van der Waals surface area contributed by atoms with Gasteiger partial charge in [-0.1, -0.05) is 18.2 Å². The van der Waals surface area contributed by atoms with Crippen LogP contribution >= 0.6 is 11.3 Å². The number of benzene rings is 1. The summed E-state index contributed by atoms with van der Waals surface area (Å²) in [6, 6.07) is 7.99. The highest BCUT2D eigenvalue weighted by atomic mass is 32.1. The number of ether oxygens (including phenoxy) is 1. The van der Waals surface area contributed by atoms with Gasteiger partial charge in [0.05, 0.1) is 6.54 Å². The number of aryl methyl sites for hydroxylation is 1. The maximum absolute atomic E-state index is 6.11. The first-order valence-electron chi connectivity index (χ1n) is 8.12. The molecule has 3 rings (SSSR count). The number of guanidine groups is 1. The van der Waals surface area contributed by atoms with Gasteiger partial charge in [-0.25, -0.2) is 9.98 Å². The maximum atomic E-state index is 6.11. The van der Waals surface area contributed by atoms with E-state index in [4.69, 9.17) is 10.5 Å². The van der Waals surface area contributed by atoms with Gasteiger partial charge in [-0.3, -0.25) is 0 Å². The monoisotopic (exact) mass is 345 g/mol. The molecule has 1 aliphatic heterocycles. The fourth-order valence-electron chi connectivity index (χ4n) is 2.63. The first-order valence-corrected chi connectivity index (χ1v) is 9.00. The van der Waals surface area contributed by atoms with Crippen LogP contribution in [0, 0.1) is 6.92 Å². The molecule has 0 spiro atoms. The number of hydrogen-bond donors (Lipinski definition) is 1. The van der Waals surface area contributed by atoms with Gasteiger partial charge in [-0.15, -0.1) is 11.3 Å². The van der Waals surface area contributed by atoms with Crippen molar-refractivity contribution in [2.75, 3.05) is 44.2 Å². The van der Waals surface area contributed by atoms with Gasteiger partial charge >= 0.3 is 0 Å². The molecule has 1 aromatic heterocycles. The summed E-state index contributed by atoms with van der Waals surface area (Å²) in [6.45, 7) is 6.71.